The molecule has 0 saturated heterocycles. The number of halogens is 2. The van der Waals surface area contributed by atoms with Gasteiger partial charge < -0.3 is 10.1 Å². The normalized spacial score (nSPS) is 11.6. The Morgan fingerprint density at radius 2 is 1.74 bits per heavy atom. The van der Waals surface area contributed by atoms with Crippen LogP contribution in [0.4, 0.5) is 4.39 Å². The summed E-state index contributed by atoms with van der Waals surface area (Å²) in [5.41, 5.74) is 1.13. The highest BCUT2D eigenvalue weighted by atomic mass is 79.9. The molecule has 2 aromatic rings. The Hall–Kier alpha value is -2.21. The first-order valence-corrected chi connectivity index (χ1v) is 7.72. The van der Waals surface area contributed by atoms with Crippen molar-refractivity contribution in [1.82, 2.24) is 5.32 Å². The van der Waals surface area contributed by atoms with Gasteiger partial charge >= 0.3 is 5.97 Å². The van der Waals surface area contributed by atoms with E-state index < -0.39 is 24.3 Å². The van der Waals surface area contributed by atoms with Crippen LogP contribution in [0.15, 0.2) is 53.0 Å². The van der Waals surface area contributed by atoms with Crippen LogP contribution in [0, 0.1) is 5.82 Å². The summed E-state index contributed by atoms with van der Waals surface area (Å²) in [6, 6.07) is 12.3. The highest BCUT2D eigenvalue weighted by Gasteiger charge is 2.13. The number of ether oxygens (including phenoxy) is 1. The summed E-state index contributed by atoms with van der Waals surface area (Å²) >= 11 is 3.34. The minimum atomic E-state index is -0.670. The molecule has 0 aliphatic carbocycles. The van der Waals surface area contributed by atoms with Gasteiger partial charge in [0.25, 0.3) is 5.91 Å². The smallest absolute Gasteiger partial charge is 0.338 e. The lowest BCUT2D eigenvalue weighted by Gasteiger charge is -2.14. The second kappa shape index (κ2) is 7.87. The Morgan fingerprint density at radius 3 is 2.35 bits per heavy atom. The molecule has 1 N–H and O–H groups in total. The van der Waals surface area contributed by atoms with Crippen LogP contribution in [0.2, 0.25) is 0 Å². The third-order valence-electron chi connectivity index (χ3n) is 3.16. The zero-order valence-electron chi connectivity index (χ0n) is 12.4. The number of hydrogen-bond acceptors (Lipinski definition) is 3. The molecule has 1 atom stereocenters. The van der Waals surface area contributed by atoms with E-state index in [0.717, 1.165) is 22.2 Å². The Morgan fingerprint density at radius 1 is 1.13 bits per heavy atom. The van der Waals surface area contributed by atoms with E-state index in [9.17, 15) is 14.0 Å². The quantitative estimate of drug-likeness (QED) is 0.807. The van der Waals surface area contributed by atoms with Gasteiger partial charge in [0.2, 0.25) is 0 Å². The van der Waals surface area contributed by atoms with Gasteiger partial charge in [-0.05, 0) is 48.9 Å². The van der Waals surface area contributed by atoms with E-state index in [4.69, 9.17) is 4.74 Å². The van der Waals surface area contributed by atoms with Crippen LogP contribution in [0.25, 0.3) is 0 Å². The molecule has 4 nitrogen and oxygen atoms in total. The van der Waals surface area contributed by atoms with Crippen molar-refractivity contribution >= 4 is 27.8 Å². The molecule has 120 valence electrons. The van der Waals surface area contributed by atoms with Crippen LogP contribution in [0.5, 0.6) is 0 Å². The fraction of sp³-hybridized carbons (Fsp3) is 0.176. The maximum Gasteiger partial charge on any atom is 0.338 e. The highest BCUT2D eigenvalue weighted by molar-refractivity contribution is 9.10. The number of nitrogens with one attached hydrogen (secondary N) is 1. The molecular weight excluding hydrogens is 365 g/mol. The second-order valence-electron chi connectivity index (χ2n) is 4.92. The number of benzene rings is 2. The zero-order valence-corrected chi connectivity index (χ0v) is 14.0. The number of amides is 1. The second-order valence-corrected chi connectivity index (χ2v) is 5.84. The SMILES string of the molecule is C[C@H](NC(=O)COC(=O)c1ccc(F)cc1)c1ccc(Br)cc1. The van der Waals surface area contributed by atoms with Crippen molar-refractivity contribution < 1.29 is 18.7 Å². The lowest BCUT2D eigenvalue weighted by molar-refractivity contribution is -0.124. The number of carbonyl (C=O) groups is 2. The third-order valence-corrected chi connectivity index (χ3v) is 3.69. The molecule has 6 heteroatoms. The summed E-state index contributed by atoms with van der Waals surface area (Å²) in [5.74, 6) is -1.52. The van der Waals surface area contributed by atoms with E-state index in [-0.39, 0.29) is 11.6 Å². The van der Waals surface area contributed by atoms with E-state index in [1.807, 2.05) is 31.2 Å². The number of esters is 1. The molecule has 23 heavy (non-hydrogen) atoms. The highest BCUT2D eigenvalue weighted by Crippen LogP contribution is 2.16. The topological polar surface area (TPSA) is 55.4 Å². The Labute approximate surface area is 141 Å². The van der Waals surface area contributed by atoms with Gasteiger partial charge in [-0.2, -0.15) is 0 Å². The standard InChI is InChI=1S/C17H15BrFNO3/c1-11(12-2-6-14(18)7-3-12)20-16(21)10-23-17(22)13-4-8-15(19)9-5-13/h2-9,11H,10H2,1H3,(H,20,21)/t11-/m0/s1. The van der Waals surface area contributed by atoms with Gasteiger partial charge in [0.1, 0.15) is 5.82 Å². The fourth-order valence-corrected chi connectivity index (χ4v) is 2.18. The number of rotatable bonds is 5. The first-order chi connectivity index (χ1) is 11.0. The van der Waals surface area contributed by atoms with Crippen LogP contribution < -0.4 is 5.32 Å². The maximum atomic E-state index is 12.8. The number of hydrogen-bond donors (Lipinski definition) is 1. The average Bonchev–Trinajstić information content (AvgIpc) is 2.54. The lowest BCUT2D eigenvalue weighted by Crippen LogP contribution is -2.31. The minimum absolute atomic E-state index is 0.195. The molecule has 0 spiro atoms. The average molecular weight is 380 g/mol. The van der Waals surface area contributed by atoms with Crippen molar-refractivity contribution in [2.24, 2.45) is 0 Å². The predicted molar refractivity (Wildman–Crippen MR) is 87.4 cm³/mol. The van der Waals surface area contributed by atoms with E-state index in [1.165, 1.54) is 12.1 Å². The van der Waals surface area contributed by atoms with Crippen molar-refractivity contribution in [3.8, 4) is 0 Å². The minimum Gasteiger partial charge on any atom is -0.452 e. The summed E-state index contributed by atoms with van der Waals surface area (Å²) in [7, 11) is 0. The molecule has 0 fully saturated rings. The molecule has 2 aromatic carbocycles. The van der Waals surface area contributed by atoms with Crippen molar-refractivity contribution in [3.05, 3.63) is 69.9 Å². The zero-order chi connectivity index (χ0) is 16.8. The van der Waals surface area contributed by atoms with Crippen LogP contribution in [0.3, 0.4) is 0 Å². The Kier molecular flexibility index (Phi) is 5.87. The summed E-state index contributed by atoms with van der Waals surface area (Å²) in [6.07, 6.45) is 0. The first kappa shape index (κ1) is 17.1. The van der Waals surface area contributed by atoms with E-state index >= 15 is 0 Å². The van der Waals surface area contributed by atoms with Crippen LogP contribution in [-0.2, 0) is 9.53 Å². The van der Waals surface area contributed by atoms with E-state index in [1.54, 1.807) is 0 Å². The van der Waals surface area contributed by atoms with E-state index in [0.29, 0.717) is 0 Å². The summed E-state index contributed by atoms with van der Waals surface area (Å²) in [4.78, 5) is 23.5. The molecule has 0 aliphatic heterocycles. The summed E-state index contributed by atoms with van der Waals surface area (Å²) in [5, 5.41) is 2.74. The third kappa shape index (κ3) is 5.17. The predicted octanol–water partition coefficient (Wildman–Crippen LogP) is 3.62. The maximum absolute atomic E-state index is 12.8. The van der Waals surface area contributed by atoms with Crippen molar-refractivity contribution in [2.75, 3.05) is 6.61 Å². The molecular formula is C17H15BrFNO3. The van der Waals surface area contributed by atoms with Crippen molar-refractivity contribution in [3.63, 3.8) is 0 Å². The number of carbonyl (C=O) groups excluding carboxylic acids is 2. The molecule has 0 aromatic heterocycles. The van der Waals surface area contributed by atoms with Crippen molar-refractivity contribution in [2.45, 2.75) is 13.0 Å². The van der Waals surface area contributed by atoms with Crippen LogP contribution in [-0.4, -0.2) is 18.5 Å². The van der Waals surface area contributed by atoms with Gasteiger partial charge in [0.05, 0.1) is 11.6 Å². The molecule has 0 bridgehead atoms. The molecule has 0 saturated carbocycles. The Balaban J connectivity index is 1.83. The lowest BCUT2D eigenvalue weighted by atomic mass is 10.1. The molecule has 1 amide bonds. The largest absolute Gasteiger partial charge is 0.452 e. The van der Waals surface area contributed by atoms with Gasteiger partial charge in [0.15, 0.2) is 6.61 Å². The molecule has 0 radical (unpaired) electrons. The molecule has 0 heterocycles. The first-order valence-electron chi connectivity index (χ1n) is 6.93. The van der Waals surface area contributed by atoms with Crippen LogP contribution in [0.1, 0.15) is 28.9 Å². The van der Waals surface area contributed by atoms with Gasteiger partial charge in [0, 0.05) is 4.47 Å². The van der Waals surface area contributed by atoms with Gasteiger partial charge in [-0.25, -0.2) is 9.18 Å². The van der Waals surface area contributed by atoms with Gasteiger partial charge in [-0.1, -0.05) is 28.1 Å². The summed E-state index contributed by atoms with van der Waals surface area (Å²) in [6.45, 7) is 1.44. The molecule has 2 rings (SSSR count). The fourth-order valence-electron chi connectivity index (χ4n) is 1.92. The van der Waals surface area contributed by atoms with Gasteiger partial charge in [-0.3, -0.25) is 4.79 Å². The monoisotopic (exact) mass is 379 g/mol. The molecule has 0 unspecified atom stereocenters. The van der Waals surface area contributed by atoms with Crippen LogP contribution >= 0.6 is 15.9 Å². The Bertz CT molecular complexity index is 686. The molecule has 0 aliphatic rings. The van der Waals surface area contributed by atoms with Crippen molar-refractivity contribution in [1.29, 1.82) is 0 Å². The van der Waals surface area contributed by atoms with Gasteiger partial charge in [-0.15, -0.1) is 0 Å². The van der Waals surface area contributed by atoms with E-state index in [2.05, 4.69) is 21.2 Å². The summed E-state index contributed by atoms with van der Waals surface area (Å²) < 4.78 is 18.6.